The highest BCUT2D eigenvalue weighted by Gasteiger charge is 2.26. The first-order valence-electron chi connectivity index (χ1n) is 9.42. The van der Waals surface area contributed by atoms with Crippen molar-refractivity contribution in [1.82, 2.24) is 0 Å². The van der Waals surface area contributed by atoms with Crippen molar-refractivity contribution in [2.24, 2.45) is 10.9 Å². The second kappa shape index (κ2) is 8.17. The maximum Gasteiger partial charge on any atom is 0.151 e. The van der Waals surface area contributed by atoms with Gasteiger partial charge in [0, 0.05) is 5.56 Å². The summed E-state index contributed by atoms with van der Waals surface area (Å²) in [7, 11) is -0.649. The van der Waals surface area contributed by atoms with Crippen molar-refractivity contribution >= 4 is 29.5 Å². The zero-order valence-electron chi connectivity index (χ0n) is 15.7. The second-order valence-electron chi connectivity index (χ2n) is 7.05. The summed E-state index contributed by atoms with van der Waals surface area (Å²) in [5.41, 5.74) is 2.29. The molecule has 0 amide bonds. The van der Waals surface area contributed by atoms with Gasteiger partial charge in [0.05, 0.1) is 12.3 Å². The normalized spacial score (nSPS) is 16.7. The lowest BCUT2D eigenvalue weighted by molar-refractivity contribution is 0.0730. The van der Waals surface area contributed by atoms with E-state index in [0.29, 0.717) is 12.5 Å². The molecule has 3 aromatic rings. The Hall–Kier alpha value is -2.28. The first-order chi connectivity index (χ1) is 13.2. The van der Waals surface area contributed by atoms with E-state index in [-0.39, 0.29) is 6.23 Å². The van der Waals surface area contributed by atoms with E-state index in [1.54, 1.807) is 0 Å². The van der Waals surface area contributed by atoms with E-state index in [1.165, 1.54) is 21.5 Å². The highest BCUT2D eigenvalue weighted by molar-refractivity contribution is 7.80. The lowest BCUT2D eigenvalue weighted by Crippen LogP contribution is -2.25. The molecule has 0 radical (unpaired) electrons. The molecule has 1 heterocycles. The molecule has 0 spiro atoms. The summed E-state index contributed by atoms with van der Waals surface area (Å²) in [4.78, 5) is 4.89. The van der Waals surface area contributed by atoms with Gasteiger partial charge >= 0.3 is 0 Å². The zero-order chi connectivity index (χ0) is 18.6. The Labute approximate surface area is 162 Å². The minimum atomic E-state index is -0.649. The van der Waals surface area contributed by atoms with Crippen LogP contribution in [0.2, 0.25) is 0 Å². The summed E-state index contributed by atoms with van der Waals surface area (Å²) >= 11 is 0. The van der Waals surface area contributed by atoms with E-state index in [2.05, 4.69) is 98.8 Å². The third kappa shape index (κ3) is 3.88. The molecule has 136 valence electrons. The van der Waals surface area contributed by atoms with Crippen molar-refractivity contribution in [3.63, 3.8) is 0 Å². The molecule has 1 atom stereocenters. The first-order valence-corrected chi connectivity index (χ1v) is 10.8. The molecule has 2 nitrogen and oxygen atoms in total. The van der Waals surface area contributed by atoms with Crippen molar-refractivity contribution in [1.29, 1.82) is 0 Å². The SMILES string of the molecule is CC(C)C1N=C(c2ccccc2P(c2ccccc2)c2ccccc2)CO1. The molecule has 1 aliphatic heterocycles. The van der Waals surface area contributed by atoms with Crippen LogP contribution >= 0.6 is 7.92 Å². The van der Waals surface area contributed by atoms with Crippen molar-refractivity contribution in [2.75, 3.05) is 6.61 Å². The van der Waals surface area contributed by atoms with Crippen LogP contribution in [0.4, 0.5) is 0 Å². The standard InChI is InChI=1S/C24H24NOP/c1-18(2)24-25-22(17-26-24)21-15-9-10-16-23(21)27(19-11-5-3-6-12-19)20-13-7-4-8-14-20/h3-16,18,24H,17H2,1-2H3. The Morgan fingerprint density at radius 3 is 1.93 bits per heavy atom. The molecule has 0 saturated heterocycles. The maximum atomic E-state index is 5.93. The van der Waals surface area contributed by atoms with Gasteiger partial charge in [-0.3, -0.25) is 4.99 Å². The van der Waals surface area contributed by atoms with Crippen LogP contribution in [0.3, 0.4) is 0 Å². The summed E-state index contributed by atoms with van der Waals surface area (Å²) in [6.45, 7) is 4.90. The molecule has 0 N–H and O–H groups in total. The van der Waals surface area contributed by atoms with E-state index >= 15 is 0 Å². The molecule has 0 aliphatic carbocycles. The van der Waals surface area contributed by atoms with Gasteiger partial charge in [-0.05, 0) is 29.8 Å². The molecule has 4 rings (SSSR count). The quantitative estimate of drug-likeness (QED) is 0.613. The Morgan fingerprint density at radius 1 is 0.815 bits per heavy atom. The molecule has 0 aromatic heterocycles. The van der Waals surface area contributed by atoms with Gasteiger partial charge in [0.2, 0.25) is 0 Å². The number of nitrogens with zero attached hydrogens (tertiary/aromatic N) is 1. The fourth-order valence-corrected chi connectivity index (χ4v) is 5.85. The summed E-state index contributed by atoms with van der Waals surface area (Å²) in [5.74, 6) is 0.388. The highest BCUT2D eigenvalue weighted by atomic mass is 31.1. The molecule has 3 aromatic carbocycles. The highest BCUT2D eigenvalue weighted by Crippen LogP contribution is 2.34. The molecule has 0 bridgehead atoms. The Bertz CT molecular complexity index is 882. The van der Waals surface area contributed by atoms with Gasteiger partial charge in [-0.1, -0.05) is 98.8 Å². The van der Waals surface area contributed by atoms with Crippen molar-refractivity contribution < 1.29 is 4.74 Å². The number of aliphatic imine (C=N–C) groups is 1. The van der Waals surface area contributed by atoms with Crippen LogP contribution in [0.15, 0.2) is 89.9 Å². The predicted molar refractivity (Wildman–Crippen MR) is 116 cm³/mol. The summed E-state index contributed by atoms with van der Waals surface area (Å²) in [6, 6.07) is 30.3. The molecule has 3 heteroatoms. The predicted octanol–water partition coefficient (Wildman–Crippen LogP) is 4.25. The third-order valence-electron chi connectivity index (χ3n) is 4.73. The average Bonchev–Trinajstić information content (AvgIpc) is 3.21. The van der Waals surface area contributed by atoms with Crippen LogP contribution in [-0.4, -0.2) is 18.5 Å². The lowest BCUT2D eigenvalue weighted by atomic mass is 10.1. The molecule has 0 saturated carbocycles. The van der Waals surface area contributed by atoms with Gasteiger partial charge in [0.25, 0.3) is 0 Å². The molecular weight excluding hydrogens is 349 g/mol. The Morgan fingerprint density at radius 2 is 1.37 bits per heavy atom. The second-order valence-corrected chi connectivity index (χ2v) is 9.23. The first kappa shape index (κ1) is 18.1. The fraction of sp³-hybridized carbons (Fsp3) is 0.208. The van der Waals surface area contributed by atoms with Crippen LogP contribution < -0.4 is 15.9 Å². The van der Waals surface area contributed by atoms with Crippen LogP contribution in [0.25, 0.3) is 0 Å². The maximum absolute atomic E-state index is 5.93. The number of rotatable bonds is 5. The van der Waals surface area contributed by atoms with E-state index < -0.39 is 7.92 Å². The minimum absolute atomic E-state index is 0.0345. The molecule has 0 fully saturated rings. The molecule has 27 heavy (non-hydrogen) atoms. The van der Waals surface area contributed by atoms with Crippen molar-refractivity contribution in [3.05, 3.63) is 90.5 Å². The van der Waals surface area contributed by atoms with Crippen LogP contribution in [0.1, 0.15) is 19.4 Å². The average molecular weight is 373 g/mol. The monoisotopic (exact) mass is 373 g/mol. The number of ether oxygens (including phenoxy) is 1. The van der Waals surface area contributed by atoms with Crippen LogP contribution in [-0.2, 0) is 4.74 Å². The summed E-state index contributed by atoms with van der Waals surface area (Å²) < 4.78 is 5.93. The third-order valence-corrected chi connectivity index (χ3v) is 7.23. The largest absolute Gasteiger partial charge is 0.350 e. The van der Waals surface area contributed by atoms with Gasteiger partial charge in [-0.15, -0.1) is 0 Å². The zero-order valence-corrected chi connectivity index (χ0v) is 16.6. The van der Waals surface area contributed by atoms with Gasteiger partial charge in [0.1, 0.15) is 0 Å². The minimum Gasteiger partial charge on any atom is -0.350 e. The van der Waals surface area contributed by atoms with Gasteiger partial charge in [-0.2, -0.15) is 0 Å². The topological polar surface area (TPSA) is 21.6 Å². The van der Waals surface area contributed by atoms with Crippen LogP contribution in [0, 0.1) is 5.92 Å². The molecular formula is C24H24NOP. The van der Waals surface area contributed by atoms with Crippen LogP contribution in [0.5, 0.6) is 0 Å². The summed E-state index contributed by atoms with van der Waals surface area (Å²) in [5, 5.41) is 4.05. The summed E-state index contributed by atoms with van der Waals surface area (Å²) in [6.07, 6.45) is -0.0345. The van der Waals surface area contributed by atoms with Crippen molar-refractivity contribution in [3.8, 4) is 0 Å². The van der Waals surface area contributed by atoms with E-state index in [9.17, 15) is 0 Å². The Kier molecular flexibility index (Phi) is 5.48. The number of hydrogen-bond donors (Lipinski definition) is 0. The van der Waals surface area contributed by atoms with Crippen molar-refractivity contribution in [2.45, 2.75) is 20.1 Å². The molecule has 1 unspecified atom stereocenters. The van der Waals surface area contributed by atoms with Gasteiger partial charge in [0.15, 0.2) is 6.23 Å². The number of hydrogen-bond acceptors (Lipinski definition) is 2. The van der Waals surface area contributed by atoms with E-state index in [1.807, 2.05) is 0 Å². The number of benzene rings is 3. The Balaban J connectivity index is 1.84. The van der Waals surface area contributed by atoms with Gasteiger partial charge in [-0.25, -0.2) is 0 Å². The van der Waals surface area contributed by atoms with E-state index in [4.69, 9.17) is 9.73 Å². The fourth-order valence-electron chi connectivity index (χ4n) is 3.38. The lowest BCUT2D eigenvalue weighted by Gasteiger charge is -2.22. The van der Waals surface area contributed by atoms with Gasteiger partial charge < -0.3 is 4.74 Å². The smallest absolute Gasteiger partial charge is 0.151 e. The van der Waals surface area contributed by atoms with E-state index in [0.717, 1.165) is 5.71 Å². The molecule has 1 aliphatic rings.